The van der Waals surface area contributed by atoms with Crippen LogP contribution in [0, 0.1) is 5.92 Å². The Morgan fingerprint density at radius 3 is 2.14 bits per heavy atom. The first-order valence-corrected chi connectivity index (χ1v) is 10.9. The van der Waals surface area contributed by atoms with E-state index in [-0.39, 0.29) is 22.9 Å². The molecule has 0 saturated carbocycles. The van der Waals surface area contributed by atoms with E-state index in [1.165, 1.54) is 12.1 Å². The van der Waals surface area contributed by atoms with Gasteiger partial charge in [0.2, 0.25) is 15.9 Å². The van der Waals surface area contributed by atoms with E-state index >= 15 is 0 Å². The van der Waals surface area contributed by atoms with Crippen molar-refractivity contribution in [3.05, 3.63) is 65.7 Å². The number of nitrogens with one attached hydrogen (secondary N) is 2. The van der Waals surface area contributed by atoms with E-state index in [9.17, 15) is 13.2 Å². The average Bonchev–Trinajstić information content (AvgIpc) is 2.66. The molecule has 0 radical (unpaired) electrons. The highest BCUT2D eigenvalue weighted by molar-refractivity contribution is 7.89. The van der Waals surface area contributed by atoms with Gasteiger partial charge in [0.1, 0.15) is 0 Å². The lowest BCUT2D eigenvalue weighted by atomic mass is 9.95. The summed E-state index contributed by atoms with van der Waals surface area (Å²) in [6.07, 6.45) is 0.607. The van der Waals surface area contributed by atoms with Crippen LogP contribution in [0.1, 0.15) is 37.9 Å². The van der Waals surface area contributed by atoms with Crippen LogP contribution < -0.4 is 15.8 Å². The maximum absolute atomic E-state index is 12.4. The van der Waals surface area contributed by atoms with E-state index in [1.54, 1.807) is 12.1 Å². The third-order valence-electron chi connectivity index (χ3n) is 4.61. The van der Waals surface area contributed by atoms with Crippen LogP contribution in [0.25, 0.3) is 0 Å². The van der Waals surface area contributed by atoms with Gasteiger partial charge in [0.15, 0.2) is 0 Å². The van der Waals surface area contributed by atoms with Crippen molar-refractivity contribution in [2.45, 2.75) is 44.2 Å². The lowest BCUT2D eigenvalue weighted by Gasteiger charge is -2.26. The summed E-state index contributed by atoms with van der Waals surface area (Å²) in [6.45, 7) is 6.58. The second kappa shape index (κ2) is 9.82. The standard InChI is InChI=1S/C21H29N3O3S/c1-15(2)20(18-7-5-4-6-8-18)24-16(3)21(25)23-14-13-17-9-11-19(12-10-17)28(22,26)27/h4-12,15-16,20,24H,13-14H2,1-3H3,(H,23,25)(H2,22,26,27). The first-order chi connectivity index (χ1) is 13.2. The fourth-order valence-corrected chi connectivity index (χ4v) is 3.52. The van der Waals surface area contributed by atoms with Crippen molar-refractivity contribution in [3.63, 3.8) is 0 Å². The van der Waals surface area contributed by atoms with Gasteiger partial charge in [-0.3, -0.25) is 10.1 Å². The summed E-state index contributed by atoms with van der Waals surface area (Å²) in [5.41, 5.74) is 2.09. The van der Waals surface area contributed by atoms with Crippen molar-refractivity contribution in [2.24, 2.45) is 11.1 Å². The van der Waals surface area contributed by atoms with Crippen LogP contribution in [-0.2, 0) is 21.2 Å². The number of benzene rings is 2. The quantitative estimate of drug-likeness (QED) is 0.598. The summed E-state index contributed by atoms with van der Waals surface area (Å²) < 4.78 is 22.5. The largest absolute Gasteiger partial charge is 0.354 e. The van der Waals surface area contributed by atoms with Gasteiger partial charge in [0, 0.05) is 12.6 Å². The van der Waals surface area contributed by atoms with Crippen LogP contribution in [-0.4, -0.2) is 26.9 Å². The molecule has 0 aliphatic carbocycles. The maximum Gasteiger partial charge on any atom is 0.238 e. The average molecular weight is 404 g/mol. The third-order valence-corrected chi connectivity index (χ3v) is 5.54. The zero-order chi connectivity index (χ0) is 20.7. The molecule has 0 aromatic heterocycles. The molecule has 0 aliphatic heterocycles. The Morgan fingerprint density at radius 1 is 1.00 bits per heavy atom. The van der Waals surface area contributed by atoms with Gasteiger partial charge >= 0.3 is 0 Å². The van der Waals surface area contributed by atoms with E-state index in [2.05, 4.69) is 36.6 Å². The molecule has 2 aromatic rings. The summed E-state index contributed by atoms with van der Waals surface area (Å²) in [4.78, 5) is 12.5. The van der Waals surface area contributed by atoms with Crippen LogP contribution in [0.5, 0.6) is 0 Å². The molecule has 2 rings (SSSR count). The molecule has 7 heteroatoms. The van der Waals surface area contributed by atoms with E-state index in [0.29, 0.717) is 18.9 Å². The lowest BCUT2D eigenvalue weighted by molar-refractivity contribution is -0.123. The van der Waals surface area contributed by atoms with Gasteiger partial charge in [-0.05, 0) is 42.5 Å². The van der Waals surface area contributed by atoms with Crippen molar-refractivity contribution in [3.8, 4) is 0 Å². The van der Waals surface area contributed by atoms with E-state index in [4.69, 9.17) is 5.14 Å². The van der Waals surface area contributed by atoms with Crippen molar-refractivity contribution in [1.29, 1.82) is 0 Å². The highest BCUT2D eigenvalue weighted by Crippen LogP contribution is 2.21. The number of nitrogens with two attached hydrogens (primary N) is 1. The number of carbonyl (C=O) groups excluding carboxylic acids is 1. The molecular weight excluding hydrogens is 374 g/mol. The van der Waals surface area contributed by atoms with Gasteiger partial charge in [0.05, 0.1) is 10.9 Å². The minimum absolute atomic E-state index is 0.0669. The van der Waals surface area contributed by atoms with Crippen molar-refractivity contribution in [2.75, 3.05) is 6.54 Å². The number of hydrogen-bond donors (Lipinski definition) is 3. The predicted octanol–water partition coefficient (Wildman–Crippen LogP) is 2.37. The fraction of sp³-hybridized carbons (Fsp3) is 0.381. The molecule has 28 heavy (non-hydrogen) atoms. The van der Waals surface area contributed by atoms with Gasteiger partial charge in [-0.25, -0.2) is 13.6 Å². The molecule has 6 nitrogen and oxygen atoms in total. The summed E-state index contributed by atoms with van der Waals surface area (Å²) in [6, 6.07) is 16.2. The van der Waals surface area contributed by atoms with Gasteiger partial charge in [-0.2, -0.15) is 0 Å². The lowest BCUT2D eigenvalue weighted by Crippen LogP contribution is -2.45. The van der Waals surface area contributed by atoms with Crippen LogP contribution >= 0.6 is 0 Å². The Hall–Kier alpha value is -2.22. The first-order valence-electron chi connectivity index (χ1n) is 9.39. The van der Waals surface area contributed by atoms with E-state index in [1.807, 2.05) is 25.1 Å². The molecule has 0 saturated heterocycles. The van der Waals surface area contributed by atoms with Gasteiger partial charge in [0.25, 0.3) is 0 Å². The number of carbonyl (C=O) groups is 1. The van der Waals surface area contributed by atoms with Crippen LogP contribution in [0.15, 0.2) is 59.5 Å². The van der Waals surface area contributed by atoms with Gasteiger partial charge in [-0.15, -0.1) is 0 Å². The molecule has 0 spiro atoms. The van der Waals surface area contributed by atoms with Gasteiger partial charge < -0.3 is 5.32 Å². The summed E-state index contributed by atoms with van der Waals surface area (Å²) in [7, 11) is -3.68. The molecule has 1 amide bonds. The van der Waals surface area contributed by atoms with Crippen molar-refractivity contribution < 1.29 is 13.2 Å². The molecule has 2 atom stereocenters. The molecule has 2 unspecified atom stereocenters. The van der Waals surface area contributed by atoms with Crippen LogP contribution in [0.4, 0.5) is 0 Å². The highest BCUT2D eigenvalue weighted by atomic mass is 32.2. The molecule has 0 fully saturated rings. The molecule has 0 heterocycles. The maximum atomic E-state index is 12.4. The fourth-order valence-electron chi connectivity index (χ4n) is 3.01. The molecular formula is C21H29N3O3S. The summed E-state index contributed by atoms with van der Waals surface area (Å²) in [5.74, 6) is 0.276. The Morgan fingerprint density at radius 2 is 1.61 bits per heavy atom. The number of sulfonamides is 1. The summed E-state index contributed by atoms with van der Waals surface area (Å²) >= 11 is 0. The van der Waals surface area contributed by atoms with E-state index in [0.717, 1.165) is 11.1 Å². The first kappa shape index (κ1) is 22.1. The summed E-state index contributed by atoms with van der Waals surface area (Å²) in [5, 5.41) is 11.4. The van der Waals surface area contributed by atoms with Crippen LogP contribution in [0.2, 0.25) is 0 Å². The third kappa shape index (κ3) is 6.44. The van der Waals surface area contributed by atoms with Crippen molar-refractivity contribution in [1.82, 2.24) is 10.6 Å². The number of amides is 1. The number of hydrogen-bond acceptors (Lipinski definition) is 4. The second-order valence-electron chi connectivity index (χ2n) is 7.25. The minimum atomic E-state index is -3.68. The molecule has 152 valence electrons. The van der Waals surface area contributed by atoms with Crippen LogP contribution in [0.3, 0.4) is 0 Å². The number of rotatable bonds is 9. The topological polar surface area (TPSA) is 101 Å². The van der Waals surface area contributed by atoms with E-state index < -0.39 is 10.0 Å². The van der Waals surface area contributed by atoms with Crippen molar-refractivity contribution >= 4 is 15.9 Å². The molecule has 4 N–H and O–H groups in total. The monoisotopic (exact) mass is 403 g/mol. The Bertz CT molecular complexity index is 866. The number of primary sulfonamides is 1. The molecule has 0 bridgehead atoms. The minimum Gasteiger partial charge on any atom is -0.354 e. The zero-order valence-electron chi connectivity index (χ0n) is 16.6. The zero-order valence-corrected chi connectivity index (χ0v) is 17.4. The Kier molecular flexibility index (Phi) is 7.74. The van der Waals surface area contributed by atoms with Gasteiger partial charge in [-0.1, -0.05) is 56.3 Å². The SMILES string of the molecule is CC(NC(c1ccccc1)C(C)C)C(=O)NCCc1ccc(S(N)(=O)=O)cc1. The smallest absolute Gasteiger partial charge is 0.238 e. The Balaban J connectivity index is 1.86. The molecule has 0 aliphatic rings. The Labute approximate surface area is 167 Å². The molecule has 2 aromatic carbocycles. The normalized spacial score (nSPS) is 13.9. The predicted molar refractivity (Wildman–Crippen MR) is 111 cm³/mol. The highest BCUT2D eigenvalue weighted by Gasteiger charge is 2.21. The second-order valence-corrected chi connectivity index (χ2v) is 8.81.